The standard InChI is InChI=1S/C22H33NO2.C5H10O2/c1-15(2)10-17-6-7-20-19-12-21(24-3)22(25-14-16-4-5-16)11-18(19)8-9-23(20)13-17;1-4(2)3-5(6)7/h11-12,15-17,20H,4-10,13-14H2,1-3H3;4H,3H2,1-2H3,(H,6,7). The Labute approximate surface area is 194 Å². The van der Waals surface area contributed by atoms with Crippen LogP contribution in [0.25, 0.3) is 0 Å². The molecule has 32 heavy (non-hydrogen) atoms. The fraction of sp³-hybridized carbons (Fsp3) is 0.741. The zero-order valence-corrected chi connectivity index (χ0v) is 20.7. The van der Waals surface area contributed by atoms with Gasteiger partial charge in [-0.3, -0.25) is 9.69 Å². The summed E-state index contributed by atoms with van der Waals surface area (Å²) in [7, 11) is 1.77. The molecule has 0 spiro atoms. The smallest absolute Gasteiger partial charge is 0.303 e. The summed E-state index contributed by atoms with van der Waals surface area (Å²) in [5, 5.41) is 8.08. The van der Waals surface area contributed by atoms with E-state index in [1.165, 1.54) is 56.3 Å². The molecule has 0 radical (unpaired) electrons. The summed E-state index contributed by atoms with van der Waals surface area (Å²) in [5.41, 5.74) is 2.97. The van der Waals surface area contributed by atoms with Gasteiger partial charge in [-0.25, -0.2) is 0 Å². The minimum absolute atomic E-state index is 0.275. The summed E-state index contributed by atoms with van der Waals surface area (Å²) in [6.07, 6.45) is 8.08. The molecule has 4 rings (SSSR count). The Bertz CT molecular complexity index is 756. The van der Waals surface area contributed by atoms with Crippen molar-refractivity contribution < 1.29 is 19.4 Å². The van der Waals surface area contributed by atoms with Crippen LogP contribution in [0.3, 0.4) is 0 Å². The molecular weight excluding hydrogens is 402 g/mol. The average Bonchev–Trinajstić information content (AvgIpc) is 3.54. The van der Waals surface area contributed by atoms with Crippen LogP contribution >= 0.6 is 0 Å². The lowest BCUT2D eigenvalue weighted by Gasteiger charge is -2.44. The predicted molar refractivity (Wildman–Crippen MR) is 129 cm³/mol. The molecule has 2 heterocycles. The van der Waals surface area contributed by atoms with Gasteiger partial charge in [-0.05, 0) is 85.5 Å². The molecule has 5 nitrogen and oxygen atoms in total. The Balaban J connectivity index is 0.000000360. The molecule has 2 atom stereocenters. The van der Waals surface area contributed by atoms with Crippen LogP contribution in [-0.2, 0) is 11.2 Å². The second-order valence-electron chi connectivity index (χ2n) is 10.8. The second-order valence-corrected chi connectivity index (χ2v) is 10.8. The van der Waals surface area contributed by atoms with Crippen LogP contribution in [0.5, 0.6) is 11.5 Å². The normalized spacial score (nSPS) is 22.6. The number of methoxy groups -OCH3 is 1. The molecule has 2 aliphatic heterocycles. The molecule has 3 aliphatic rings. The lowest BCUT2D eigenvalue weighted by atomic mass is 9.81. The van der Waals surface area contributed by atoms with E-state index in [9.17, 15) is 4.79 Å². The van der Waals surface area contributed by atoms with Gasteiger partial charge in [-0.15, -0.1) is 0 Å². The number of piperidine rings is 1. The summed E-state index contributed by atoms with van der Waals surface area (Å²) in [6.45, 7) is 11.8. The first-order valence-electron chi connectivity index (χ1n) is 12.6. The van der Waals surface area contributed by atoms with Crippen LogP contribution in [0.2, 0.25) is 0 Å². The van der Waals surface area contributed by atoms with E-state index < -0.39 is 5.97 Å². The number of nitrogens with zero attached hydrogens (tertiary/aromatic N) is 1. The van der Waals surface area contributed by atoms with Gasteiger partial charge in [0.15, 0.2) is 11.5 Å². The van der Waals surface area contributed by atoms with Gasteiger partial charge in [0, 0.05) is 25.6 Å². The van der Waals surface area contributed by atoms with E-state index in [4.69, 9.17) is 14.6 Å². The number of hydrogen-bond donors (Lipinski definition) is 1. The second kappa shape index (κ2) is 11.4. The van der Waals surface area contributed by atoms with E-state index in [0.29, 0.717) is 6.04 Å². The molecule has 1 saturated heterocycles. The Hall–Kier alpha value is -1.75. The number of hydrogen-bond acceptors (Lipinski definition) is 4. The van der Waals surface area contributed by atoms with E-state index in [-0.39, 0.29) is 12.3 Å². The van der Waals surface area contributed by atoms with E-state index in [1.807, 2.05) is 13.8 Å². The fourth-order valence-electron chi connectivity index (χ4n) is 5.11. The summed E-state index contributed by atoms with van der Waals surface area (Å²) in [4.78, 5) is 12.5. The summed E-state index contributed by atoms with van der Waals surface area (Å²) in [5.74, 6) is 3.89. The third kappa shape index (κ3) is 7.13. The zero-order chi connectivity index (χ0) is 23.3. The quantitative estimate of drug-likeness (QED) is 0.535. The van der Waals surface area contributed by atoms with Crippen molar-refractivity contribution in [3.63, 3.8) is 0 Å². The lowest BCUT2D eigenvalue weighted by Crippen LogP contribution is -2.42. The maximum absolute atomic E-state index is 9.81. The molecule has 1 aromatic carbocycles. The van der Waals surface area contributed by atoms with Crippen molar-refractivity contribution in [3.8, 4) is 11.5 Å². The van der Waals surface area contributed by atoms with Crippen molar-refractivity contribution >= 4 is 5.97 Å². The molecule has 1 aliphatic carbocycles. The molecule has 1 N–H and O–H groups in total. The highest BCUT2D eigenvalue weighted by Gasteiger charge is 2.34. The Morgan fingerprint density at radius 2 is 1.78 bits per heavy atom. The van der Waals surface area contributed by atoms with E-state index in [2.05, 4.69) is 30.9 Å². The van der Waals surface area contributed by atoms with Crippen LogP contribution in [0.1, 0.15) is 83.4 Å². The number of aliphatic carboxylic acids is 1. The monoisotopic (exact) mass is 445 g/mol. The number of benzene rings is 1. The molecule has 0 amide bonds. The Morgan fingerprint density at radius 1 is 1.06 bits per heavy atom. The van der Waals surface area contributed by atoms with Crippen LogP contribution in [0.15, 0.2) is 12.1 Å². The van der Waals surface area contributed by atoms with Gasteiger partial charge < -0.3 is 14.6 Å². The van der Waals surface area contributed by atoms with E-state index >= 15 is 0 Å². The van der Waals surface area contributed by atoms with Gasteiger partial charge in [-0.2, -0.15) is 0 Å². The Morgan fingerprint density at radius 3 is 2.34 bits per heavy atom. The molecule has 1 saturated carbocycles. The maximum Gasteiger partial charge on any atom is 0.303 e. The number of carboxylic acid groups (broad SMARTS) is 1. The largest absolute Gasteiger partial charge is 0.493 e. The van der Waals surface area contributed by atoms with Crippen molar-refractivity contribution in [1.29, 1.82) is 0 Å². The molecule has 0 bridgehead atoms. The van der Waals surface area contributed by atoms with Crippen LogP contribution < -0.4 is 9.47 Å². The predicted octanol–water partition coefficient (Wildman–Crippen LogP) is 5.96. The van der Waals surface area contributed by atoms with Crippen LogP contribution in [0.4, 0.5) is 0 Å². The fourth-order valence-corrected chi connectivity index (χ4v) is 5.11. The van der Waals surface area contributed by atoms with E-state index in [0.717, 1.165) is 42.3 Å². The van der Waals surface area contributed by atoms with Crippen molar-refractivity contribution in [3.05, 3.63) is 23.3 Å². The SMILES string of the molecule is CC(C)CC(=O)O.COc1cc2c(cc1OCC1CC1)CCN1CC(CC(C)C)CCC21. The minimum atomic E-state index is -0.713. The Kier molecular flexibility index (Phi) is 8.87. The highest BCUT2D eigenvalue weighted by atomic mass is 16.5. The number of carbonyl (C=O) groups is 1. The van der Waals surface area contributed by atoms with Crippen molar-refractivity contribution in [1.82, 2.24) is 4.90 Å². The topological polar surface area (TPSA) is 59.0 Å². The number of fused-ring (bicyclic) bond motifs is 3. The lowest BCUT2D eigenvalue weighted by molar-refractivity contribution is -0.137. The van der Waals surface area contributed by atoms with Crippen LogP contribution in [-0.4, -0.2) is 42.8 Å². The number of ether oxygens (including phenoxy) is 2. The van der Waals surface area contributed by atoms with Crippen LogP contribution in [0, 0.1) is 23.7 Å². The minimum Gasteiger partial charge on any atom is -0.493 e. The highest BCUT2D eigenvalue weighted by molar-refractivity contribution is 5.66. The first kappa shape index (κ1) is 24.9. The molecule has 5 heteroatoms. The van der Waals surface area contributed by atoms with Gasteiger partial charge >= 0.3 is 5.97 Å². The zero-order valence-electron chi connectivity index (χ0n) is 20.7. The maximum atomic E-state index is 9.81. The molecule has 0 aromatic heterocycles. The third-order valence-corrected chi connectivity index (χ3v) is 6.79. The van der Waals surface area contributed by atoms with Gasteiger partial charge in [-0.1, -0.05) is 27.7 Å². The molecule has 2 unspecified atom stereocenters. The highest BCUT2D eigenvalue weighted by Crippen LogP contribution is 2.44. The van der Waals surface area contributed by atoms with Gasteiger partial charge in [0.2, 0.25) is 0 Å². The average molecular weight is 446 g/mol. The summed E-state index contributed by atoms with van der Waals surface area (Å²) < 4.78 is 11.8. The first-order valence-corrected chi connectivity index (χ1v) is 12.6. The van der Waals surface area contributed by atoms with E-state index in [1.54, 1.807) is 7.11 Å². The first-order chi connectivity index (χ1) is 15.3. The molecule has 1 aromatic rings. The summed E-state index contributed by atoms with van der Waals surface area (Å²) >= 11 is 0. The van der Waals surface area contributed by atoms with Crippen molar-refractivity contribution in [2.24, 2.45) is 23.7 Å². The van der Waals surface area contributed by atoms with Gasteiger partial charge in [0.05, 0.1) is 13.7 Å². The summed E-state index contributed by atoms with van der Waals surface area (Å²) in [6, 6.07) is 5.13. The molecule has 2 fully saturated rings. The number of rotatable bonds is 8. The molecular formula is C27H43NO4. The molecule has 180 valence electrons. The van der Waals surface area contributed by atoms with Gasteiger partial charge in [0.25, 0.3) is 0 Å². The third-order valence-electron chi connectivity index (χ3n) is 6.79. The number of carboxylic acids is 1. The van der Waals surface area contributed by atoms with Gasteiger partial charge in [0.1, 0.15) is 0 Å². The van der Waals surface area contributed by atoms with Crippen molar-refractivity contribution in [2.75, 3.05) is 26.8 Å². The van der Waals surface area contributed by atoms with Crippen molar-refractivity contribution in [2.45, 2.75) is 78.7 Å².